The van der Waals surface area contributed by atoms with Crippen molar-refractivity contribution in [1.82, 2.24) is 4.90 Å². The van der Waals surface area contributed by atoms with Crippen molar-refractivity contribution in [1.29, 1.82) is 0 Å². The van der Waals surface area contributed by atoms with Crippen LogP contribution in [0, 0.1) is 16.0 Å². The van der Waals surface area contributed by atoms with Crippen LogP contribution in [0.15, 0.2) is 18.2 Å². The molecule has 0 saturated heterocycles. The molecule has 0 amide bonds. The van der Waals surface area contributed by atoms with Gasteiger partial charge in [0.2, 0.25) is 0 Å². The predicted octanol–water partition coefficient (Wildman–Crippen LogP) is 1.08. The van der Waals surface area contributed by atoms with Crippen LogP contribution in [-0.4, -0.2) is 34.6 Å². The van der Waals surface area contributed by atoms with Gasteiger partial charge in [0.1, 0.15) is 0 Å². The SMILES string of the molecule is CN(Cc1cc([N+](=O)[O-])ccc1NN)CC1CC(O)C1. The number of hydrogen-bond acceptors (Lipinski definition) is 6. The topological polar surface area (TPSA) is 105 Å². The Morgan fingerprint density at radius 3 is 2.80 bits per heavy atom. The van der Waals surface area contributed by atoms with Gasteiger partial charge >= 0.3 is 0 Å². The number of nitro groups is 1. The number of anilines is 1. The van der Waals surface area contributed by atoms with Gasteiger partial charge in [-0.3, -0.25) is 16.0 Å². The van der Waals surface area contributed by atoms with Gasteiger partial charge in [-0.05, 0) is 37.4 Å². The van der Waals surface area contributed by atoms with Crippen LogP contribution in [0.2, 0.25) is 0 Å². The van der Waals surface area contributed by atoms with Gasteiger partial charge in [0, 0.05) is 25.2 Å². The van der Waals surface area contributed by atoms with Crippen LogP contribution >= 0.6 is 0 Å². The molecule has 0 aromatic heterocycles. The zero-order valence-corrected chi connectivity index (χ0v) is 11.5. The molecule has 7 nitrogen and oxygen atoms in total. The van der Waals surface area contributed by atoms with E-state index in [-0.39, 0.29) is 11.8 Å². The average molecular weight is 280 g/mol. The molecule has 0 bridgehead atoms. The molecule has 2 rings (SSSR count). The predicted molar refractivity (Wildman–Crippen MR) is 76.0 cm³/mol. The molecule has 1 saturated carbocycles. The van der Waals surface area contributed by atoms with Gasteiger partial charge in [0.25, 0.3) is 5.69 Å². The smallest absolute Gasteiger partial charge is 0.269 e. The molecular formula is C13H20N4O3. The second kappa shape index (κ2) is 6.17. The lowest BCUT2D eigenvalue weighted by atomic mass is 9.82. The van der Waals surface area contributed by atoms with Crippen LogP contribution in [0.25, 0.3) is 0 Å². The van der Waals surface area contributed by atoms with E-state index in [0.29, 0.717) is 18.2 Å². The molecule has 1 aromatic carbocycles. The summed E-state index contributed by atoms with van der Waals surface area (Å²) in [5, 5.41) is 20.1. The fourth-order valence-corrected chi connectivity index (χ4v) is 2.61. The van der Waals surface area contributed by atoms with E-state index in [1.54, 1.807) is 12.1 Å². The molecule has 0 aliphatic heterocycles. The molecule has 0 unspecified atom stereocenters. The highest BCUT2D eigenvalue weighted by molar-refractivity contribution is 5.55. The number of nitrogen functional groups attached to an aromatic ring is 1. The first-order chi connectivity index (χ1) is 9.49. The van der Waals surface area contributed by atoms with E-state index < -0.39 is 4.92 Å². The molecule has 1 aliphatic carbocycles. The molecule has 0 atom stereocenters. The van der Waals surface area contributed by atoms with E-state index in [0.717, 1.165) is 24.9 Å². The van der Waals surface area contributed by atoms with Crippen molar-refractivity contribution in [2.45, 2.75) is 25.5 Å². The van der Waals surface area contributed by atoms with Gasteiger partial charge in [0.05, 0.1) is 16.7 Å². The Kier molecular flexibility index (Phi) is 4.53. The average Bonchev–Trinajstić information content (AvgIpc) is 2.36. The number of nitrogens with one attached hydrogen (secondary N) is 1. The quantitative estimate of drug-likeness (QED) is 0.409. The van der Waals surface area contributed by atoms with Crippen LogP contribution in [0.5, 0.6) is 0 Å². The van der Waals surface area contributed by atoms with Crippen molar-refractivity contribution < 1.29 is 10.0 Å². The Balaban J connectivity index is 2.02. The van der Waals surface area contributed by atoms with Crippen molar-refractivity contribution in [2.24, 2.45) is 11.8 Å². The van der Waals surface area contributed by atoms with Crippen LogP contribution in [0.1, 0.15) is 18.4 Å². The van der Waals surface area contributed by atoms with Crippen molar-refractivity contribution in [3.8, 4) is 0 Å². The Morgan fingerprint density at radius 1 is 1.55 bits per heavy atom. The third-order valence-electron chi connectivity index (χ3n) is 3.68. The molecule has 110 valence electrons. The number of nitrogens with zero attached hydrogens (tertiary/aromatic N) is 2. The van der Waals surface area contributed by atoms with E-state index >= 15 is 0 Å². The summed E-state index contributed by atoms with van der Waals surface area (Å²) in [6, 6.07) is 4.59. The summed E-state index contributed by atoms with van der Waals surface area (Å²) >= 11 is 0. The molecule has 4 N–H and O–H groups in total. The third kappa shape index (κ3) is 3.44. The minimum absolute atomic E-state index is 0.0615. The maximum Gasteiger partial charge on any atom is 0.269 e. The summed E-state index contributed by atoms with van der Waals surface area (Å²) in [6.45, 7) is 1.44. The monoisotopic (exact) mass is 280 g/mol. The van der Waals surface area contributed by atoms with Crippen LogP contribution in [0.3, 0.4) is 0 Å². The zero-order valence-electron chi connectivity index (χ0n) is 11.5. The summed E-state index contributed by atoms with van der Waals surface area (Å²) in [4.78, 5) is 12.5. The molecule has 0 heterocycles. The van der Waals surface area contributed by atoms with Crippen LogP contribution < -0.4 is 11.3 Å². The molecule has 7 heteroatoms. The van der Waals surface area contributed by atoms with Crippen molar-refractivity contribution in [3.05, 3.63) is 33.9 Å². The summed E-state index contributed by atoms with van der Waals surface area (Å²) in [6.07, 6.45) is 1.51. The van der Waals surface area contributed by atoms with Crippen molar-refractivity contribution >= 4 is 11.4 Å². The molecule has 0 spiro atoms. The van der Waals surface area contributed by atoms with Gasteiger partial charge < -0.3 is 15.4 Å². The summed E-state index contributed by atoms with van der Waals surface area (Å²) in [7, 11) is 1.96. The maximum atomic E-state index is 10.8. The van der Waals surface area contributed by atoms with Crippen LogP contribution in [-0.2, 0) is 6.54 Å². The molecule has 0 radical (unpaired) electrons. The summed E-state index contributed by atoms with van der Waals surface area (Å²) in [5.41, 5.74) is 4.11. The minimum Gasteiger partial charge on any atom is -0.393 e. The maximum absolute atomic E-state index is 10.8. The highest BCUT2D eigenvalue weighted by Crippen LogP contribution is 2.29. The molecule has 1 aromatic rings. The first kappa shape index (κ1) is 14.7. The Hall–Kier alpha value is -1.70. The minimum atomic E-state index is -0.411. The first-order valence-electron chi connectivity index (χ1n) is 6.60. The van der Waals surface area contributed by atoms with E-state index in [9.17, 15) is 15.2 Å². The lowest BCUT2D eigenvalue weighted by Gasteiger charge is -2.34. The summed E-state index contributed by atoms with van der Waals surface area (Å²) < 4.78 is 0. The van der Waals surface area contributed by atoms with Gasteiger partial charge in [-0.2, -0.15) is 0 Å². The van der Waals surface area contributed by atoms with E-state index in [1.807, 2.05) is 7.05 Å². The molecule has 20 heavy (non-hydrogen) atoms. The van der Waals surface area contributed by atoms with Crippen LogP contribution in [0.4, 0.5) is 11.4 Å². The van der Waals surface area contributed by atoms with Gasteiger partial charge in [-0.25, -0.2) is 0 Å². The van der Waals surface area contributed by atoms with Gasteiger partial charge in [0.15, 0.2) is 0 Å². The highest BCUT2D eigenvalue weighted by Gasteiger charge is 2.28. The normalized spacial score (nSPS) is 21.6. The molecule has 1 fully saturated rings. The Labute approximate surface area is 117 Å². The van der Waals surface area contributed by atoms with Crippen molar-refractivity contribution in [3.63, 3.8) is 0 Å². The van der Waals surface area contributed by atoms with Crippen molar-refractivity contribution in [2.75, 3.05) is 19.0 Å². The number of aliphatic hydroxyl groups is 1. The number of aliphatic hydroxyl groups excluding tert-OH is 1. The first-order valence-corrected chi connectivity index (χ1v) is 6.60. The number of rotatable bonds is 6. The Bertz CT molecular complexity index is 489. The van der Waals surface area contributed by atoms with E-state index in [4.69, 9.17) is 5.84 Å². The molecule has 1 aliphatic rings. The number of nitro benzene ring substituents is 1. The zero-order chi connectivity index (χ0) is 14.7. The largest absolute Gasteiger partial charge is 0.393 e. The lowest BCUT2D eigenvalue weighted by Crippen LogP contribution is -2.36. The lowest BCUT2D eigenvalue weighted by molar-refractivity contribution is -0.384. The Morgan fingerprint density at radius 2 is 2.25 bits per heavy atom. The fourth-order valence-electron chi connectivity index (χ4n) is 2.61. The highest BCUT2D eigenvalue weighted by atomic mass is 16.6. The standard InChI is InChI=1S/C13H20N4O3/c1-16(7-9-4-12(18)5-9)8-10-6-11(17(19)20)2-3-13(10)15-14/h2-3,6,9,12,15,18H,4-5,7-8,14H2,1H3. The van der Waals surface area contributed by atoms with E-state index in [1.165, 1.54) is 6.07 Å². The number of hydrazine groups is 1. The van der Waals surface area contributed by atoms with Gasteiger partial charge in [-0.1, -0.05) is 0 Å². The third-order valence-corrected chi connectivity index (χ3v) is 3.68. The molecular weight excluding hydrogens is 260 g/mol. The number of benzene rings is 1. The van der Waals surface area contributed by atoms with E-state index in [2.05, 4.69) is 10.3 Å². The van der Waals surface area contributed by atoms with Gasteiger partial charge in [-0.15, -0.1) is 0 Å². The fraction of sp³-hybridized carbons (Fsp3) is 0.538. The number of non-ortho nitro benzene ring substituents is 1. The second-order valence-electron chi connectivity index (χ2n) is 5.43. The number of nitrogens with two attached hydrogens (primary N) is 1. The second-order valence-corrected chi connectivity index (χ2v) is 5.43. The number of hydrogen-bond donors (Lipinski definition) is 3. The summed E-state index contributed by atoms with van der Waals surface area (Å²) in [5.74, 6) is 5.94.